The SMILES string of the molecule is CCOCCN(CCOCC)C(C)C(N)=O. The molecule has 16 heavy (non-hydrogen) atoms. The highest BCUT2D eigenvalue weighted by atomic mass is 16.5. The van der Waals surface area contributed by atoms with Crippen LogP contribution < -0.4 is 5.73 Å². The van der Waals surface area contributed by atoms with E-state index in [4.69, 9.17) is 15.2 Å². The Hall–Kier alpha value is -0.650. The van der Waals surface area contributed by atoms with Gasteiger partial charge >= 0.3 is 0 Å². The first-order chi connectivity index (χ1) is 7.63. The van der Waals surface area contributed by atoms with Crippen molar-refractivity contribution in [3.8, 4) is 0 Å². The molecule has 1 unspecified atom stereocenters. The Morgan fingerprint density at radius 3 is 1.94 bits per heavy atom. The average molecular weight is 232 g/mol. The molecular weight excluding hydrogens is 208 g/mol. The summed E-state index contributed by atoms with van der Waals surface area (Å²) in [5.74, 6) is -0.312. The van der Waals surface area contributed by atoms with Gasteiger partial charge in [-0.25, -0.2) is 0 Å². The Labute approximate surface area is 97.9 Å². The lowest BCUT2D eigenvalue weighted by Gasteiger charge is -2.26. The zero-order valence-corrected chi connectivity index (χ0v) is 10.6. The summed E-state index contributed by atoms with van der Waals surface area (Å²) >= 11 is 0. The van der Waals surface area contributed by atoms with Crippen LogP contribution in [0.15, 0.2) is 0 Å². The van der Waals surface area contributed by atoms with E-state index in [0.717, 1.165) is 0 Å². The van der Waals surface area contributed by atoms with E-state index in [1.807, 2.05) is 18.7 Å². The lowest BCUT2D eigenvalue weighted by atomic mass is 10.2. The second-order valence-corrected chi connectivity index (χ2v) is 3.51. The molecule has 5 nitrogen and oxygen atoms in total. The van der Waals surface area contributed by atoms with Crippen molar-refractivity contribution in [3.63, 3.8) is 0 Å². The van der Waals surface area contributed by atoms with Crippen molar-refractivity contribution in [2.24, 2.45) is 5.73 Å². The number of carbonyl (C=O) groups is 1. The van der Waals surface area contributed by atoms with Gasteiger partial charge in [-0.1, -0.05) is 0 Å². The first-order valence-electron chi connectivity index (χ1n) is 5.82. The molecule has 96 valence electrons. The topological polar surface area (TPSA) is 64.8 Å². The van der Waals surface area contributed by atoms with Crippen LogP contribution in [0.3, 0.4) is 0 Å². The predicted molar refractivity (Wildman–Crippen MR) is 63.2 cm³/mol. The number of rotatable bonds is 10. The summed E-state index contributed by atoms with van der Waals surface area (Å²) in [6, 6.07) is -0.277. The molecule has 0 bridgehead atoms. The van der Waals surface area contributed by atoms with Crippen LogP contribution in [0.4, 0.5) is 0 Å². The summed E-state index contributed by atoms with van der Waals surface area (Å²) < 4.78 is 10.5. The van der Waals surface area contributed by atoms with Crippen molar-refractivity contribution in [1.29, 1.82) is 0 Å². The molecule has 0 aliphatic rings. The molecule has 1 atom stereocenters. The minimum atomic E-state index is -0.312. The molecule has 0 spiro atoms. The monoisotopic (exact) mass is 232 g/mol. The molecule has 0 aliphatic heterocycles. The van der Waals surface area contributed by atoms with E-state index in [1.165, 1.54) is 0 Å². The van der Waals surface area contributed by atoms with E-state index in [1.54, 1.807) is 6.92 Å². The maximum atomic E-state index is 11.1. The van der Waals surface area contributed by atoms with Crippen molar-refractivity contribution in [2.45, 2.75) is 26.8 Å². The Morgan fingerprint density at radius 1 is 1.19 bits per heavy atom. The number of carbonyl (C=O) groups excluding carboxylic acids is 1. The number of hydrogen-bond acceptors (Lipinski definition) is 4. The second kappa shape index (κ2) is 9.57. The minimum Gasteiger partial charge on any atom is -0.380 e. The molecular formula is C11H24N2O3. The van der Waals surface area contributed by atoms with Crippen molar-refractivity contribution < 1.29 is 14.3 Å². The molecule has 5 heteroatoms. The summed E-state index contributed by atoms with van der Waals surface area (Å²) in [6.45, 7) is 9.69. The molecule has 0 rings (SSSR count). The second-order valence-electron chi connectivity index (χ2n) is 3.51. The van der Waals surface area contributed by atoms with Crippen LogP contribution in [0, 0.1) is 0 Å². The molecule has 0 aromatic heterocycles. The normalized spacial score (nSPS) is 13.0. The van der Waals surface area contributed by atoms with E-state index in [9.17, 15) is 4.79 Å². The number of nitrogens with zero attached hydrogens (tertiary/aromatic N) is 1. The first-order valence-corrected chi connectivity index (χ1v) is 5.82. The summed E-state index contributed by atoms with van der Waals surface area (Å²) in [5, 5.41) is 0. The van der Waals surface area contributed by atoms with Gasteiger partial charge in [-0.05, 0) is 20.8 Å². The molecule has 0 heterocycles. The van der Waals surface area contributed by atoms with Gasteiger partial charge in [-0.15, -0.1) is 0 Å². The predicted octanol–water partition coefficient (Wildman–Crippen LogP) is 0.235. The number of amides is 1. The highest BCUT2D eigenvalue weighted by Gasteiger charge is 2.17. The van der Waals surface area contributed by atoms with E-state index >= 15 is 0 Å². The minimum absolute atomic E-state index is 0.277. The Bertz CT molecular complexity index is 178. The van der Waals surface area contributed by atoms with Gasteiger partial charge in [0.15, 0.2) is 0 Å². The van der Waals surface area contributed by atoms with Crippen LogP contribution >= 0.6 is 0 Å². The molecule has 0 saturated carbocycles. The van der Waals surface area contributed by atoms with Crippen molar-refractivity contribution in [1.82, 2.24) is 4.90 Å². The quantitative estimate of drug-likeness (QED) is 0.548. The van der Waals surface area contributed by atoms with Gasteiger partial charge in [0, 0.05) is 26.3 Å². The third-order valence-electron chi connectivity index (χ3n) is 2.41. The van der Waals surface area contributed by atoms with Crippen molar-refractivity contribution in [2.75, 3.05) is 39.5 Å². The molecule has 0 saturated heterocycles. The number of ether oxygens (including phenoxy) is 2. The highest BCUT2D eigenvalue weighted by Crippen LogP contribution is 1.98. The van der Waals surface area contributed by atoms with E-state index in [-0.39, 0.29) is 11.9 Å². The molecule has 0 aromatic rings. The molecule has 1 amide bonds. The largest absolute Gasteiger partial charge is 0.380 e. The Balaban J connectivity index is 3.99. The maximum absolute atomic E-state index is 11.1. The highest BCUT2D eigenvalue weighted by molar-refractivity contribution is 5.79. The molecule has 0 fully saturated rings. The molecule has 0 aromatic carbocycles. The van der Waals surface area contributed by atoms with E-state index in [2.05, 4.69) is 0 Å². The van der Waals surface area contributed by atoms with Gasteiger partial charge in [-0.2, -0.15) is 0 Å². The van der Waals surface area contributed by atoms with Crippen LogP contribution in [-0.4, -0.2) is 56.4 Å². The van der Waals surface area contributed by atoms with Gasteiger partial charge in [-0.3, -0.25) is 9.69 Å². The maximum Gasteiger partial charge on any atom is 0.234 e. The van der Waals surface area contributed by atoms with E-state index < -0.39 is 0 Å². The Morgan fingerprint density at radius 2 is 1.62 bits per heavy atom. The third-order valence-corrected chi connectivity index (χ3v) is 2.41. The van der Waals surface area contributed by atoms with Gasteiger partial charge in [0.1, 0.15) is 0 Å². The third kappa shape index (κ3) is 6.76. The average Bonchev–Trinajstić information content (AvgIpc) is 2.26. The molecule has 0 radical (unpaired) electrons. The van der Waals surface area contributed by atoms with Crippen LogP contribution in [-0.2, 0) is 14.3 Å². The lowest BCUT2D eigenvalue weighted by Crippen LogP contribution is -2.45. The van der Waals surface area contributed by atoms with Crippen LogP contribution in [0.2, 0.25) is 0 Å². The standard InChI is InChI=1S/C11H24N2O3/c1-4-15-8-6-13(7-9-16-5-2)10(3)11(12)14/h10H,4-9H2,1-3H3,(H2,12,14). The zero-order valence-electron chi connectivity index (χ0n) is 10.6. The van der Waals surface area contributed by atoms with Crippen molar-refractivity contribution in [3.05, 3.63) is 0 Å². The van der Waals surface area contributed by atoms with Crippen molar-refractivity contribution >= 4 is 5.91 Å². The molecule has 2 N–H and O–H groups in total. The van der Waals surface area contributed by atoms with E-state index in [0.29, 0.717) is 39.5 Å². The summed E-state index contributed by atoms with van der Waals surface area (Å²) in [5.41, 5.74) is 5.28. The smallest absolute Gasteiger partial charge is 0.234 e. The fourth-order valence-corrected chi connectivity index (χ4v) is 1.33. The summed E-state index contributed by atoms with van der Waals surface area (Å²) in [6.07, 6.45) is 0. The molecule has 0 aliphatic carbocycles. The number of primary amides is 1. The van der Waals surface area contributed by atoms with Crippen LogP contribution in [0.5, 0.6) is 0 Å². The Kier molecular flexibility index (Phi) is 9.18. The van der Waals surface area contributed by atoms with Gasteiger partial charge < -0.3 is 15.2 Å². The first kappa shape index (κ1) is 15.3. The van der Waals surface area contributed by atoms with Crippen LogP contribution in [0.1, 0.15) is 20.8 Å². The fraction of sp³-hybridized carbons (Fsp3) is 0.909. The van der Waals surface area contributed by atoms with Gasteiger partial charge in [0.2, 0.25) is 5.91 Å². The lowest BCUT2D eigenvalue weighted by molar-refractivity contribution is -0.123. The summed E-state index contributed by atoms with van der Waals surface area (Å²) in [7, 11) is 0. The van der Waals surface area contributed by atoms with Gasteiger partial charge in [0.05, 0.1) is 19.3 Å². The van der Waals surface area contributed by atoms with Gasteiger partial charge in [0.25, 0.3) is 0 Å². The van der Waals surface area contributed by atoms with Crippen LogP contribution in [0.25, 0.3) is 0 Å². The summed E-state index contributed by atoms with van der Waals surface area (Å²) in [4.78, 5) is 13.1. The zero-order chi connectivity index (χ0) is 12.4. The fourth-order valence-electron chi connectivity index (χ4n) is 1.33. The number of hydrogen-bond donors (Lipinski definition) is 1. The number of nitrogens with two attached hydrogens (primary N) is 1.